The normalized spacial score (nSPS) is 10.4. The van der Waals surface area contributed by atoms with Crippen LogP contribution in [0.2, 0.25) is 0 Å². The van der Waals surface area contributed by atoms with Crippen LogP contribution in [-0.4, -0.2) is 16.5 Å². The summed E-state index contributed by atoms with van der Waals surface area (Å²) in [5.74, 6) is 1.26. The summed E-state index contributed by atoms with van der Waals surface area (Å²) in [4.78, 5) is 19.9. The monoisotopic (exact) mass is 289 g/mol. The van der Waals surface area contributed by atoms with E-state index in [-0.39, 0.29) is 5.56 Å². The van der Waals surface area contributed by atoms with Gasteiger partial charge in [-0.1, -0.05) is 31.5 Å². The maximum Gasteiger partial charge on any atom is 0.252 e. The first-order chi connectivity index (χ1) is 9.78. The molecule has 2 rings (SSSR count). The second-order valence-corrected chi connectivity index (χ2v) is 5.52. The summed E-state index contributed by atoms with van der Waals surface area (Å²) in [5, 5.41) is 3.15. The number of benzene rings is 1. The molecular formula is C15H19N3OS. The van der Waals surface area contributed by atoms with E-state index in [9.17, 15) is 4.79 Å². The highest BCUT2D eigenvalue weighted by Crippen LogP contribution is 2.20. The molecule has 1 aromatic carbocycles. The molecule has 20 heavy (non-hydrogen) atoms. The van der Waals surface area contributed by atoms with E-state index in [4.69, 9.17) is 0 Å². The summed E-state index contributed by atoms with van der Waals surface area (Å²) >= 11 is 1.68. The van der Waals surface area contributed by atoms with Crippen molar-refractivity contribution in [3.05, 3.63) is 52.4 Å². The fourth-order valence-corrected chi connectivity index (χ4v) is 2.54. The van der Waals surface area contributed by atoms with Gasteiger partial charge >= 0.3 is 0 Å². The van der Waals surface area contributed by atoms with Crippen molar-refractivity contribution in [2.45, 2.75) is 30.4 Å². The zero-order valence-electron chi connectivity index (χ0n) is 11.6. The van der Waals surface area contributed by atoms with Crippen molar-refractivity contribution in [1.29, 1.82) is 0 Å². The highest BCUT2D eigenvalue weighted by Gasteiger charge is 2.02. The first kappa shape index (κ1) is 14.7. The molecule has 0 radical (unpaired) electrons. The Bertz CT molecular complexity index is 583. The number of H-pyrrole nitrogens is 1. The van der Waals surface area contributed by atoms with Gasteiger partial charge in [0, 0.05) is 23.3 Å². The molecular weight excluding hydrogens is 270 g/mol. The van der Waals surface area contributed by atoms with Gasteiger partial charge in [0.25, 0.3) is 5.56 Å². The molecule has 0 saturated carbocycles. The highest BCUT2D eigenvalue weighted by atomic mass is 32.2. The third kappa shape index (κ3) is 4.74. The second kappa shape index (κ2) is 7.75. The van der Waals surface area contributed by atoms with E-state index in [1.165, 1.54) is 4.90 Å². The summed E-state index contributed by atoms with van der Waals surface area (Å²) in [5.41, 5.74) is 0.685. The van der Waals surface area contributed by atoms with E-state index in [0.717, 1.165) is 25.1 Å². The van der Waals surface area contributed by atoms with Gasteiger partial charge in [-0.3, -0.25) is 9.78 Å². The van der Waals surface area contributed by atoms with E-state index in [0.29, 0.717) is 11.7 Å². The van der Waals surface area contributed by atoms with Crippen LogP contribution in [0, 0.1) is 0 Å². The van der Waals surface area contributed by atoms with Crippen molar-refractivity contribution in [1.82, 2.24) is 9.97 Å². The van der Waals surface area contributed by atoms with E-state index in [1.54, 1.807) is 17.8 Å². The van der Waals surface area contributed by atoms with Gasteiger partial charge in [-0.2, -0.15) is 0 Å². The summed E-state index contributed by atoms with van der Waals surface area (Å²) in [6, 6.07) is 11.7. The number of aromatic amines is 1. The van der Waals surface area contributed by atoms with Gasteiger partial charge in [0.05, 0.1) is 5.69 Å². The van der Waals surface area contributed by atoms with Gasteiger partial charge in [0.2, 0.25) is 5.95 Å². The van der Waals surface area contributed by atoms with Crippen molar-refractivity contribution in [3.63, 3.8) is 0 Å². The molecule has 0 fully saturated rings. The molecule has 2 N–H and O–H groups in total. The van der Waals surface area contributed by atoms with Crippen molar-refractivity contribution >= 4 is 17.7 Å². The predicted molar refractivity (Wildman–Crippen MR) is 84.3 cm³/mol. The molecule has 106 valence electrons. The van der Waals surface area contributed by atoms with Gasteiger partial charge in [0.15, 0.2) is 0 Å². The highest BCUT2D eigenvalue weighted by molar-refractivity contribution is 7.98. The zero-order chi connectivity index (χ0) is 14.2. The van der Waals surface area contributed by atoms with Gasteiger partial charge in [-0.25, -0.2) is 4.98 Å². The van der Waals surface area contributed by atoms with E-state index in [2.05, 4.69) is 34.3 Å². The van der Waals surface area contributed by atoms with Crippen LogP contribution in [0.25, 0.3) is 0 Å². The van der Waals surface area contributed by atoms with Crippen LogP contribution in [-0.2, 0) is 5.75 Å². The third-order valence-electron chi connectivity index (χ3n) is 2.75. The molecule has 1 aromatic heterocycles. The average molecular weight is 289 g/mol. The molecule has 0 unspecified atom stereocenters. The number of anilines is 1. The molecule has 0 amide bonds. The molecule has 2 aromatic rings. The van der Waals surface area contributed by atoms with Crippen LogP contribution in [0.15, 0.2) is 46.1 Å². The lowest BCUT2D eigenvalue weighted by Crippen LogP contribution is -2.14. The number of hydrogen-bond donors (Lipinski definition) is 2. The van der Waals surface area contributed by atoms with Crippen molar-refractivity contribution in [3.8, 4) is 0 Å². The zero-order valence-corrected chi connectivity index (χ0v) is 12.4. The molecule has 5 heteroatoms. The molecule has 0 aliphatic heterocycles. The summed E-state index contributed by atoms with van der Waals surface area (Å²) in [6.07, 6.45) is 2.17. The predicted octanol–water partition coefficient (Wildman–Crippen LogP) is 3.27. The molecule has 0 bridgehead atoms. The number of aromatic nitrogens is 2. The lowest BCUT2D eigenvalue weighted by molar-refractivity contribution is 0.823. The third-order valence-corrected chi connectivity index (χ3v) is 3.79. The maximum absolute atomic E-state index is 11.6. The lowest BCUT2D eigenvalue weighted by atomic mass is 10.3. The van der Waals surface area contributed by atoms with Crippen molar-refractivity contribution < 1.29 is 0 Å². The van der Waals surface area contributed by atoms with Gasteiger partial charge < -0.3 is 5.32 Å². The Labute approximate surface area is 123 Å². The maximum atomic E-state index is 11.6. The first-order valence-electron chi connectivity index (χ1n) is 6.80. The van der Waals surface area contributed by atoms with Crippen LogP contribution >= 0.6 is 11.8 Å². The molecule has 1 heterocycles. The van der Waals surface area contributed by atoms with Crippen LogP contribution in [0.4, 0.5) is 5.95 Å². The van der Waals surface area contributed by atoms with E-state index in [1.807, 2.05) is 18.2 Å². The van der Waals surface area contributed by atoms with Gasteiger partial charge in [0.1, 0.15) is 0 Å². The standard InChI is InChI=1S/C15H19N3OS/c1-2-3-9-16-15-17-12(10-14(19)18-15)11-20-13-7-5-4-6-8-13/h4-8,10H,2-3,9,11H2,1H3,(H2,16,17,18,19). The Morgan fingerprint density at radius 2 is 2.10 bits per heavy atom. The quantitative estimate of drug-likeness (QED) is 0.606. The number of nitrogens with zero attached hydrogens (tertiary/aromatic N) is 1. The summed E-state index contributed by atoms with van der Waals surface area (Å²) in [6.45, 7) is 2.96. The Morgan fingerprint density at radius 1 is 1.30 bits per heavy atom. The molecule has 0 spiro atoms. The van der Waals surface area contributed by atoms with Crippen molar-refractivity contribution in [2.24, 2.45) is 0 Å². The summed E-state index contributed by atoms with van der Waals surface area (Å²) < 4.78 is 0. The number of unbranched alkanes of at least 4 members (excludes halogenated alkanes) is 1. The minimum absolute atomic E-state index is 0.109. The minimum Gasteiger partial charge on any atom is -0.356 e. The fraction of sp³-hybridized carbons (Fsp3) is 0.333. The lowest BCUT2D eigenvalue weighted by Gasteiger charge is -2.06. The fourth-order valence-electron chi connectivity index (χ4n) is 1.72. The second-order valence-electron chi connectivity index (χ2n) is 4.47. The first-order valence-corrected chi connectivity index (χ1v) is 7.78. The smallest absolute Gasteiger partial charge is 0.252 e. The topological polar surface area (TPSA) is 57.8 Å². The largest absolute Gasteiger partial charge is 0.356 e. The van der Waals surface area contributed by atoms with Crippen LogP contribution in [0.3, 0.4) is 0 Å². The number of thioether (sulfide) groups is 1. The van der Waals surface area contributed by atoms with Crippen LogP contribution in [0.5, 0.6) is 0 Å². The number of nitrogens with one attached hydrogen (secondary N) is 2. The Kier molecular flexibility index (Phi) is 5.68. The van der Waals surface area contributed by atoms with E-state index >= 15 is 0 Å². The molecule has 0 aliphatic rings. The van der Waals surface area contributed by atoms with E-state index < -0.39 is 0 Å². The number of rotatable bonds is 7. The number of hydrogen-bond acceptors (Lipinski definition) is 4. The molecule has 0 atom stereocenters. The molecule has 0 aliphatic carbocycles. The Hall–Kier alpha value is -1.75. The SMILES string of the molecule is CCCCNc1nc(CSc2ccccc2)cc(=O)[nH]1. The van der Waals surface area contributed by atoms with Gasteiger partial charge in [-0.05, 0) is 18.6 Å². The van der Waals surface area contributed by atoms with Gasteiger partial charge in [-0.15, -0.1) is 11.8 Å². The molecule has 4 nitrogen and oxygen atoms in total. The Balaban J connectivity index is 1.98. The van der Waals surface area contributed by atoms with Crippen LogP contribution in [0.1, 0.15) is 25.5 Å². The molecule has 0 saturated heterocycles. The van der Waals surface area contributed by atoms with Crippen LogP contribution < -0.4 is 10.9 Å². The van der Waals surface area contributed by atoms with Crippen molar-refractivity contribution in [2.75, 3.05) is 11.9 Å². The average Bonchev–Trinajstić information content (AvgIpc) is 2.46. The summed E-state index contributed by atoms with van der Waals surface area (Å²) in [7, 11) is 0. The Morgan fingerprint density at radius 3 is 2.85 bits per heavy atom. The minimum atomic E-state index is -0.109.